The van der Waals surface area contributed by atoms with Crippen molar-refractivity contribution in [1.29, 1.82) is 0 Å². The summed E-state index contributed by atoms with van der Waals surface area (Å²) in [5.41, 5.74) is 0.497. The summed E-state index contributed by atoms with van der Waals surface area (Å²) < 4.78 is 18.3. The maximum atomic E-state index is 13.1. The monoisotopic (exact) mass is 277 g/mol. The van der Waals surface area contributed by atoms with Gasteiger partial charge in [-0.15, -0.1) is 0 Å². The molecule has 1 unspecified atom stereocenters. The van der Waals surface area contributed by atoms with Gasteiger partial charge < -0.3 is 9.84 Å². The molecule has 1 atom stereocenters. The predicted octanol–water partition coefficient (Wildman–Crippen LogP) is 1.24. The first-order chi connectivity index (χ1) is 9.74. The normalized spacial score (nSPS) is 18.1. The summed E-state index contributed by atoms with van der Waals surface area (Å²) in [6, 6.07) is 1.41. The summed E-state index contributed by atoms with van der Waals surface area (Å²) in [6.45, 7) is 5.87. The van der Waals surface area contributed by atoms with Gasteiger partial charge in [-0.05, 0) is 13.0 Å². The van der Waals surface area contributed by atoms with Gasteiger partial charge in [0.25, 0.3) is 5.89 Å². The van der Waals surface area contributed by atoms with Crippen LogP contribution in [0.2, 0.25) is 0 Å². The van der Waals surface area contributed by atoms with E-state index in [4.69, 9.17) is 4.52 Å². The van der Waals surface area contributed by atoms with E-state index < -0.39 is 5.82 Å². The number of aromatic nitrogens is 3. The molecule has 0 bridgehead atoms. The van der Waals surface area contributed by atoms with Crippen LogP contribution in [-0.2, 0) is 0 Å². The van der Waals surface area contributed by atoms with Crippen LogP contribution >= 0.6 is 0 Å². The zero-order chi connectivity index (χ0) is 13.9. The van der Waals surface area contributed by atoms with Crippen LogP contribution < -0.4 is 5.32 Å². The maximum absolute atomic E-state index is 13.1. The zero-order valence-electron chi connectivity index (χ0n) is 11.2. The fourth-order valence-electron chi connectivity index (χ4n) is 2.28. The van der Waals surface area contributed by atoms with Gasteiger partial charge in [0, 0.05) is 32.4 Å². The third-order valence-corrected chi connectivity index (χ3v) is 3.47. The molecule has 1 aliphatic rings. The molecule has 2 aromatic heterocycles. The molecule has 6 nitrogen and oxygen atoms in total. The van der Waals surface area contributed by atoms with Gasteiger partial charge in [0.15, 0.2) is 5.82 Å². The molecule has 2 aromatic rings. The Morgan fingerprint density at radius 1 is 1.35 bits per heavy atom. The fourth-order valence-corrected chi connectivity index (χ4v) is 2.28. The zero-order valence-corrected chi connectivity index (χ0v) is 11.2. The van der Waals surface area contributed by atoms with E-state index in [-0.39, 0.29) is 6.04 Å². The molecule has 0 amide bonds. The van der Waals surface area contributed by atoms with Gasteiger partial charge in [0.05, 0.1) is 17.8 Å². The van der Waals surface area contributed by atoms with E-state index in [1.165, 1.54) is 12.3 Å². The lowest BCUT2D eigenvalue weighted by Gasteiger charge is -2.30. The lowest BCUT2D eigenvalue weighted by Crippen LogP contribution is -2.44. The SMILES string of the molecule is CC(c1noc(-c2cncc(F)c2)n1)N1CCNCC1. The molecule has 0 radical (unpaired) electrons. The van der Waals surface area contributed by atoms with Crippen LogP contribution in [0.4, 0.5) is 4.39 Å². The highest BCUT2D eigenvalue weighted by Crippen LogP contribution is 2.22. The van der Waals surface area contributed by atoms with Crippen molar-refractivity contribution >= 4 is 0 Å². The summed E-state index contributed by atoms with van der Waals surface area (Å²) in [4.78, 5) is 10.4. The van der Waals surface area contributed by atoms with Gasteiger partial charge in [-0.1, -0.05) is 5.16 Å². The highest BCUT2D eigenvalue weighted by Gasteiger charge is 2.22. The Bertz CT molecular complexity index is 582. The fraction of sp³-hybridized carbons (Fsp3) is 0.462. The Hall–Kier alpha value is -1.86. The second kappa shape index (κ2) is 5.64. The molecule has 0 spiro atoms. The van der Waals surface area contributed by atoms with Crippen molar-refractivity contribution in [2.75, 3.05) is 26.2 Å². The molecule has 1 aliphatic heterocycles. The summed E-state index contributed by atoms with van der Waals surface area (Å²) in [5.74, 6) is 0.498. The van der Waals surface area contributed by atoms with E-state index >= 15 is 0 Å². The first-order valence-electron chi connectivity index (χ1n) is 6.63. The van der Waals surface area contributed by atoms with Gasteiger partial charge in [-0.25, -0.2) is 4.39 Å². The summed E-state index contributed by atoms with van der Waals surface area (Å²) >= 11 is 0. The minimum Gasteiger partial charge on any atom is -0.334 e. The second-order valence-electron chi connectivity index (χ2n) is 4.81. The van der Waals surface area contributed by atoms with Crippen LogP contribution in [0.3, 0.4) is 0 Å². The Kier molecular flexibility index (Phi) is 3.70. The van der Waals surface area contributed by atoms with E-state index in [1.54, 1.807) is 0 Å². The molecule has 3 heterocycles. The van der Waals surface area contributed by atoms with Gasteiger partial charge in [0.2, 0.25) is 0 Å². The molecule has 3 rings (SSSR count). The quantitative estimate of drug-likeness (QED) is 0.910. The van der Waals surface area contributed by atoms with E-state index in [9.17, 15) is 4.39 Å². The largest absolute Gasteiger partial charge is 0.334 e. The molecule has 0 aliphatic carbocycles. The van der Waals surface area contributed by atoms with Crippen molar-refractivity contribution in [2.45, 2.75) is 13.0 Å². The van der Waals surface area contributed by atoms with Crippen molar-refractivity contribution in [3.8, 4) is 11.5 Å². The molecule has 1 saturated heterocycles. The molecular weight excluding hydrogens is 261 g/mol. The van der Waals surface area contributed by atoms with Gasteiger partial charge >= 0.3 is 0 Å². The Labute approximate surface area is 116 Å². The number of piperazine rings is 1. The topological polar surface area (TPSA) is 67.1 Å². The average Bonchev–Trinajstić information content (AvgIpc) is 2.97. The van der Waals surface area contributed by atoms with Crippen LogP contribution in [0.1, 0.15) is 18.8 Å². The number of halogens is 1. The third kappa shape index (κ3) is 2.68. The first kappa shape index (κ1) is 13.1. The standard InChI is InChI=1S/C13H16FN5O/c1-9(19-4-2-15-3-5-19)12-17-13(20-18-12)10-6-11(14)8-16-7-10/h6-9,15H,2-5H2,1H3. The number of nitrogens with one attached hydrogen (secondary N) is 1. The van der Waals surface area contributed by atoms with Gasteiger partial charge in [-0.2, -0.15) is 4.98 Å². The van der Waals surface area contributed by atoms with Crippen molar-refractivity contribution in [2.24, 2.45) is 0 Å². The summed E-state index contributed by atoms with van der Waals surface area (Å²) in [5, 5.41) is 7.30. The van der Waals surface area contributed by atoms with Crippen LogP contribution in [0.25, 0.3) is 11.5 Å². The molecule has 106 valence electrons. The lowest BCUT2D eigenvalue weighted by atomic mass is 10.2. The molecule has 1 fully saturated rings. The van der Waals surface area contributed by atoms with Gasteiger partial charge in [-0.3, -0.25) is 9.88 Å². The Morgan fingerprint density at radius 3 is 2.90 bits per heavy atom. The van der Waals surface area contributed by atoms with Crippen molar-refractivity contribution in [3.05, 3.63) is 30.1 Å². The number of pyridine rings is 1. The molecule has 1 N–H and O–H groups in total. The first-order valence-corrected chi connectivity index (χ1v) is 6.63. The molecular formula is C13H16FN5O. The highest BCUT2D eigenvalue weighted by molar-refractivity contribution is 5.50. The molecule has 0 saturated carbocycles. The third-order valence-electron chi connectivity index (χ3n) is 3.47. The lowest BCUT2D eigenvalue weighted by molar-refractivity contribution is 0.176. The van der Waals surface area contributed by atoms with Crippen molar-refractivity contribution < 1.29 is 8.91 Å². The minimum absolute atomic E-state index is 0.0797. The Balaban J connectivity index is 1.79. The van der Waals surface area contributed by atoms with Crippen molar-refractivity contribution in [1.82, 2.24) is 25.3 Å². The predicted molar refractivity (Wildman–Crippen MR) is 70.3 cm³/mol. The Morgan fingerprint density at radius 2 is 2.15 bits per heavy atom. The number of rotatable bonds is 3. The number of hydrogen-bond acceptors (Lipinski definition) is 6. The van der Waals surface area contributed by atoms with E-state index in [1.807, 2.05) is 6.92 Å². The van der Waals surface area contributed by atoms with Crippen LogP contribution in [0.5, 0.6) is 0 Å². The number of nitrogens with zero attached hydrogens (tertiary/aromatic N) is 4. The number of hydrogen-bond donors (Lipinski definition) is 1. The van der Waals surface area contributed by atoms with E-state index in [0.29, 0.717) is 17.3 Å². The van der Waals surface area contributed by atoms with E-state index in [0.717, 1.165) is 32.4 Å². The molecule has 20 heavy (non-hydrogen) atoms. The second-order valence-corrected chi connectivity index (χ2v) is 4.81. The maximum Gasteiger partial charge on any atom is 0.259 e. The summed E-state index contributed by atoms with van der Waals surface area (Å²) in [6.07, 6.45) is 2.65. The molecule has 0 aromatic carbocycles. The summed E-state index contributed by atoms with van der Waals surface area (Å²) in [7, 11) is 0. The molecule has 7 heteroatoms. The van der Waals surface area contributed by atoms with Crippen LogP contribution in [0, 0.1) is 5.82 Å². The van der Waals surface area contributed by atoms with E-state index in [2.05, 4.69) is 25.3 Å². The average molecular weight is 277 g/mol. The van der Waals surface area contributed by atoms with Crippen LogP contribution in [0.15, 0.2) is 23.0 Å². The highest BCUT2D eigenvalue weighted by atomic mass is 19.1. The van der Waals surface area contributed by atoms with Crippen molar-refractivity contribution in [3.63, 3.8) is 0 Å². The van der Waals surface area contributed by atoms with Crippen LogP contribution in [-0.4, -0.2) is 46.2 Å². The smallest absolute Gasteiger partial charge is 0.259 e. The van der Waals surface area contributed by atoms with Gasteiger partial charge in [0.1, 0.15) is 5.82 Å². The minimum atomic E-state index is -0.419.